The van der Waals surface area contributed by atoms with Crippen molar-refractivity contribution < 1.29 is 8.91 Å². The molecule has 0 aliphatic rings. The van der Waals surface area contributed by atoms with Crippen molar-refractivity contribution >= 4 is 11.6 Å². The summed E-state index contributed by atoms with van der Waals surface area (Å²) in [7, 11) is 0. The smallest absolute Gasteiger partial charge is 0.137 e. The highest BCUT2D eigenvalue weighted by atomic mass is 35.5. The lowest BCUT2D eigenvalue weighted by Crippen LogP contribution is -2.05. The van der Waals surface area contributed by atoms with Crippen LogP contribution in [0, 0.1) is 31.0 Å². The van der Waals surface area contributed by atoms with Crippen molar-refractivity contribution in [1.82, 2.24) is 5.16 Å². The second-order valence-electron chi connectivity index (χ2n) is 4.32. The summed E-state index contributed by atoms with van der Waals surface area (Å²) in [5, 5.41) is 13.4. The van der Waals surface area contributed by atoms with Crippen LogP contribution in [-0.2, 0) is 6.42 Å². The minimum Gasteiger partial charge on any atom is -0.361 e. The molecule has 2 rings (SSSR count). The van der Waals surface area contributed by atoms with Gasteiger partial charge in [0.15, 0.2) is 0 Å². The summed E-state index contributed by atoms with van der Waals surface area (Å²) in [5.74, 6) is -0.485. The third-order valence-corrected chi connectivity index (χ3v) is 3.42. The second kappa shape index (κ2) is 5.41. The molecule has 19 heavy (non-hydrogen) atoms. The van der Waals surface area contributed by atoms with Gasteiger partial charge in [-0.15, -0.1) is 0 Å². The van der Waals surface area contributed by atoms with E-state index in [4.69, 9.17) is 16.1 Å². The lowest BCUT2D eigenvalue weighted by Gasteiger charge is -2.12. The number of hydrogen-bond acceptors (Lipinski definition) is 3. The van der Waals surface area contributed by atoms with Gasteiger partial charge in [-0.1, -0.05) is 22.8 Å². The SMILES string of the molecule is Cc1noc(C)c1CC(C#N)c1c(F)cccc1Cl. The fourth-order valence-electron chi connectivity index (χ4n) is 2.05. The predicted octanol–water partition coefficient (Wildman–Crippen LogP) is 3.93. The van der Waals surface area contributed by atoms with E-state index in [2.05, 4.69) is 11.2 Å². The van der Waals surface area contributed by atoms with Gasteiger partial charge in [0.05, 0.1) is 17.7 Å². The molecule has 0 aliphatic heterocycles. The fraction of sp³-hybridized carbons (Fsp3) is 0.286. The van der Waals surface area contributed by atoms with Crippen LogP contribution in [-0.4, -0.2) is 5.16 Å². The van der Waals surface area contributed by atoms with E-state index in [0.717, 1.165) is 5.56 Å². The number of aromatic nitrogens is 1. The molecule has 0 aliphatic carbocycles. The summed E-state index contributed by atoms with van der Waals surface area (Å²) in [4.78, 5) is 0. The Bertz CT molecular complexity index is 606. The minimum absolute atomic E-state index is 0.228. The van der Waals surface area contributed by atoms with Crippen LogP contribution in [0.4, 0.5) is 4.39 Å². The van der Waals surface area contributed by atoms with Gasteiger partial charge in [-0.25, -0.2) is 4.39 Å². The van der Waals surface area contributed by atoms with E-state index in [9.17, 15) is 9.65 Å². The van der Waals surface area contributed by atoms with Crippen molar-refractivity contribution in [3.8, 4) is 6.07 Å². The van der Waals surface area contributed by atoms with Crippen LogP contribution in [0.5, 0.6) is 0 Å². The van der Waals surface area contributed by atoms with Crippen molar-refractivity contribution in [2.45, 2.75) is 26.2 Å². The van der Waals surface area contributed by atoms with Gasteiger partial charge < -0.3 is 4.52 Å². The number of nitriles is 1. The maximum absolute atomic E-state index is 13.8. The van der Waals surface area contributed by atoms with Crippen molar-refractivity contribution in [2.24, 2.45) is 0 Å². The summed E-state index contributed by atoms with van der Waals surface area (Å²) in [6.07, 6.45) is 0.332. The van der Waals surface area contributed by atoms with E-state index in [0.29, 0.717) is 17.9 Å². The number of aryl methyl sites for hydroxylation is 2. The Morgan fingerprint density at radius 2 is 2.21 bits per heavy atom. The van der Waals surface area contributed by atoms with Crippen LogP contribution in [0.1, 0.15) is 28.5 Å². The highest BCUT2D eigenvalue weighted by molar-refractivity contribution is 6.31. The number of hydrogen-bond donors (Lipinski definition) is 0. The van der Waals surface area contributed by atoms with Crippen molar-refractivity contribution in [2.75, 3.05) is 0 Å². The zero-order valence-corrected chi connectivity index (χ0v) is 11.3. The van der Waals surface area contributed by atoms with Gasteiger partial charge in [-0.2, -0.15) is 5.26 Å². The first-order chi connectivity index (χ1) is 9.04. The van der Waals surface area contributed by atoms with Gasteiger partial charge in [0.25, 0.3) is 0 Å². The Morgan fingerprint density at radius 3 is 2.74 bits per heavy atom. The van der Waals surface area contributed by atoms with E-state index in [-0.39, 0.29) is 10.6 Å². The molecule has 1 aromatic heterocycles. The molecule has 2 aromatic rings. The van der Waals surface area contributed by atoms with E-state index in [1.54, 1.807) is 19.9 Å². The zero-order valence-electron chi connectivity index (χ0n) is 10.6. The molecule has 1 atom stereocenters. The molecule has 0 saturated heterocycles. The van der Waals surface area contributed by atoms with Crippen LogP contribution in [0.25, 0.3) is 0 Å². The van der Waals surface area contributed by atoms with Gasteiger partial charge in [-0.3, -0.25) is 0 Å². The summed E-state index contributed by atoms with van der Waals surface area (Å²) in [5.41, 5.74) is 1.77. The summed E-state index contributed by atoms with van der Waals surface area (Å²) in [6, 6.07) is 6.50. The first-order valence-corrected chi connectivity index (χ1v) is 6.17. The first kappa shape index (κ1) is 13.6. The van der Waals surface area contributed by atoms with Crippen molar-refractivity contribution in [3.63, 3.8) is 0 Å². The summed E-state index contributed by atoms with van der Waals surface area (Å²) >= 11 is 5.99. The quantitative estimate of drug-likeness (QED) is 0.854. The second-order valence-corrected chi connectivity index (χ2v) is 4.73. The van der Waals surface area contributed by atoms with Gasteiger partial charge in [-0.05, 0) is 32.4 Å². The largest absolute Gasteiger partial charge is 0.361 e. The lowest BCUT2D eigenvalue weighted by molar-refractivity contribution is 0.392. The molecule has 0 spiro atoms. The molecule has 1 unspecified atom stereocenters. The summed E-state index contributed by atoms with van der Waals surface area (Å²) < 4.78 is 18.9. The molecule has 3 nitrogen and oxygen atoms in total. The molecular formula is C14H12ClFN2O. The maximum atomic E-state index is 13.8. The molecule has 0 N–H and O–H groups in total. The third kappa shape index (κ3) is 2.61. The molecule has 0 bridgehead atoms. The Hall–Kier alpha value is -1.86. The first-order valence-electron chi connectivity index (χ1n) is 5.80. The van der Waals surface area contributed by atoms with Crippen LogP contribution >= 0.6 is 11.6 Å². The van der Waals surface area contributed by atoms with Gasteiger partial charge >= 0.3 is 0 Å². The van der Waals surface area contributed by atoms with Crippen molar-refractivity contribution in [1.29, 1.82) is 5.26 Å². The maximum Gasteiger partial charge on any atom is 0.137 e. The Labute approximate surface area is 115 Å². The van der Waals surface area contributed by atoms with Crippen LogP contribution in [0.15, 0.2) is 22.7 Å². The van der Waals surface area contributed by atoms with Gasteiger partial charge in [0, 0.05) is 16.1 Å². The molecule has 0 radical (unpaired) electrons. The standard InChI is InChI=1S/C14H12ClFN2O/c1-8-11(9(2)19-18-8)6-10(7-17)14-12(15)4-3-5-13(14)16/h3-5,10H,6H2,1-2H3. The van der Waals surface area contributed by atoms with Crippen LogP contribution in [0.3, 0.4) is 0 Å². The molecular weight excluding hydrogens is 267 g/mol. The average molecular weight is 279 g/mol. The predicted molar refractivity (Wildman–Crippen MR) is 69.4 cm³/mol. The monoisotopic (exact) mass is 278 g/mol. The molecule has 0 fully saturated rings. The summed E-state index contributed by atoms with van der Waals surface area (Å²) in [6.45, 7) is 3.57. The zero-order chi connectivity index (χ0) is 14.0. The molecule has 0 amide bonds. The number of nitrogens with zero attached hydrogens (tertiary/aromatic N) is 2. The number of rotatable bonds is 3. The van der Waals surface area contributed by atoms with Crippen LogP contribution < -0.4 is 0 Å². The van der Waals surface area contributed by atoms with Crippen LogP contribution in [0.2, 0.25) is 5.02 Å². The highest BCUT2D eigenvalue weighted by Gasteiger charge is 2.22. The number of benzene rings is 1. The van der Waals surface area contributed by atoms with E-state index in [1.807, 2.05) is 0 Å². The van der Waals surface area contributed by atoms with E-state index >= 15 is 0 Å². The molecule has 98 valence electrons. The number of halogens is 2. The van der Waals surface area contributed by atoms with Gasteiger partial charge in [0.1, 0.15) is 11.6 Å². The fourth-order valence-corrected chi connectivity index (χ4v) is 2.35. The minimum atomic E-state index is -0.662. The topological polar surface area (TPSA) is 49.8 Å². The molecule has 0 saturated carbocycles. The van der Waals surface area contributed by atoms with Gasteiger partial charge in [0.2, 0.25) is 0 Å². The Balaban J connectivity index is 2.40. The Kier molecular flexibility index (Phi) is 3.87. The lowest BCUT2D eigenvalue weighted by atomic mass is 9.92. The highest BCUT2D eigenvalue weighted by Crippen LogP contribution is 2.31. The van der Waals surface area contributed by atoms with Crippen molar-refractivity contribution in [3.05, 3.63) is 51.6 Å². The van der Waals surface area contributed by atoms with E-state index < -0.39 is 11.7 Å². The third-order valence-electron chi connectivity index (χ3n) is 3.09. The molecule has 1 heterocycles. The Morgan fingerprint density at radius 1 is 1.47 bits per heavy atom. The van der Waals surface area contributed by atoms with E-state index in [1.165, 1.54) is 12.1 Å². The molecule has 1 aromatic carbocycles. The normalized spacial score (nSPS) is 12.2. The average Bonchev–Trinajstić information content (AvgIpc) is 2.68. The molecule has 5 heteroatoms.